The molecule has 1 unspecified atom stereocenters. The molecule has 0 radical (unpaired) electrons. The van der Waals surface area contributed by atoms with Crippen molar-refractivity contribution in [1.29, 1.82) is 0 Å². The number of imidazole rings is 1. The molecule has 0 saturated carbocycles. The Bertz CT molecular complexity index is 942. The Morgan fingerprint density at radius 3 is 3.00 bits per heavy atom. The maximum Gasteiger partial charge on any atom is 0.200 e. The lowest BCUT2D eigenvalue weighted by Gasteiger charge is -2.23. The van der Waals surface area contributed by atoms with Crippen molar-refractivity contribution in [3.63, 3.8) is 0 Å². The monoisotopic (exact) mass is 437 g/mol. The molecule has 1 atom stereocenters. The van der Waals surface area contributed by atoms with Gasteiger partial charge in [0.15, 0.2) is 17.0 Å². The Balaban J connectivity index is 1.75. The Kier molecular flexibility index (Phi) is 4.97. The third-order valence-electron chi connectivity index (χ3n) is 4.30. The summed E-state index contributed by atoms with van der Waals surface area (Å²) < 4.78 is 13.6. The number of fused-ring (bicyclic) bond motifs is 1. The Morgan fingerprint density at radius 2 is 2.23 bits per heavy atom. The van der Waals surface area contributed by atoms with Gasteiger partial charge in [0.1, 0.15) is 17.0 Å². The van der Waals surface area contributed by atoms with Crippen molar-refractivity contribution in [2.45, 2.75) is 25.5 Å². The quantitative estimate of drug-likeness (QED) is 0.596. The second-order valence-corrected chi connectivity index (χ2v) is 7.02. The minimum absolute atomic E-state index is 0.0520. The van der Waals surface area contributed by atoms with E-state index in [1.54, 1.807) is 19.5 Å². The standard InChI is InChI=1S/C17H17BrClN5O2/c1-25-11-6-4-5-10(13(11)19)21-15-14-16(23-17(18)22-15)24(9-20-14)12-7-2-3-8-26-12/h4-6,9,12H,2-3,7-8H2,1H3,(H,21,22,23). The van der Waals surface area contributed by atoms with Crippen LogP contribution in [0.25, 0.3) is 11.2 Å². The number of anilines is 2. The van der Waals surface area contributed by atoms with Gasteiger partial charge in [-0.25, -0.2) is 15.0 Å². The van der Waals surface area contributed by atoms with Crippen LogP contribution in [0.2, 0.25) is 5.02 Å². The molecule has 1 fully saturated rings. The number of hydrogen-bond acceptors (Lipinski definition) is 6. The molecule has 0 bridgehead atoms. The van der Waals surface area contributed by atoms with E-state index in [9.17, 15) is 0 Å². The first kappa shape index (κ1) is 17.5. The average Bonchev–Trinajstić information content (AvgIpc) is 3.08. The third kappa shape index (κ3) is 3.24. The lowest BCUT2D eigenvalue weighted by Crippen LogP contribution is -2.17. The number of hydrogen-bond donors (Lipinski definition) is 1. The number of nitrogens with one attached hydrogen (secondary N) is 1. The fourth-order valence-corrected chi connectivity index (χ4v) is 3.62. The van der Waals surface area contributed by atoms with Crippen molar-refractivity contribution in [3.05, 3.63) is 34.3 Å². The predicted molar refractivity (Wildman–Crippen MR) is 103 cm³/mol. The highest BCUT2D eigenvalue weighted by Crippen LogP contribution is 2.35. The fourth-order valence-electron chi connectivity index (χ4n) is 3.02. The smallest absolute Gasteiger partial charge is 0.200 e. The van der Waals surface area contributed by atoms with Gasteiger partial charge < -0.3 is 14.8 Å². The Labute approximate surface area is 163 Å². The number of ether oxygens (including phenoxy) is 2. The molecule has 1 aromatic carbocycles. The SMILES string of the molecule is COc1cccc(Nc2nc(Br)nc3c2ncn3C2CCCCO2)c1Cl. The highest BCUT2D eigenvalue weighted by Gasteiger charge is 2.21. The van der Waals surface area contributed by atoms with Gasteiger partial charge in [0, 0.05) is 6.61 Å². The molecule has 1 aliphatic heterocycles. The summed E-state index contributed by atoms with van der Waals surface area (Å²) in [4.78, 5) is 13.4. The van der Waals surface area contributed by atoms with Gasteiger partial charge in [0.2, 0.25) is 4.73 Å². The Morgan fingerprint density at radius 1 is 1.35 bits per heavy atom. The molecule has 9 heteroatoms. The van der Waals surface area contributed by atoms with Gasteiger partial charge in [0.05, 0.1) is 19.1 Å². The molecular formula is C17H17BrClN5O2. The summed E-state index contributed by atoms with van der Waals surface area (Å²) in [5.41, 5.74) is 2.04. The predicted octanol–water partition coefficient (Wildman–Crippen LogP) is 4.69. The zero-order chi connectivity index (χ0) is 18.1. The van der Waals surface area contributed by atoms with E-state index in [-0.39, 0.29) is 6.23 Å². The molecular weight excluding hydrogens is 422 g/mol. The number of nitrogens with zero attached hydrogens (tertiary/aromatic N) is 4. The van der Waals surface area contributed by atoms with Crippen LogP contribution in [-0.2, 0) is 4.74 Å². The van der Waals surface area contributed by atoms with E-state index in [0.29, 0.717) is 38.2 Å². The van der Waals surface area contributed by atoms with E-state index >= 15 is 0 Å². The number of aromatic nitrogens is 4. The van der Waals surface area contributed by atoms with E-state index in [1.807, 2.05) is 16.7 Å². The summed E-state index contributed by atoms with van der Waals surface area (Å²) in [6, 6.07) is 5.51. The first-order valence-electron chi connectivity index (χ1n) is 8.28. The summed E-state index contributed by atoms with van der Waals surface area (Å²) in [5.74, 6) is 1.15. The largest absolute Gasteiger partial charge is 0.495 e. The van der Waals surface area contributed by atoms with Crippen LogP contribution in [0, 0.1) is 0 Å². The van der Waals surface area contributed by atoms with Crippen LogP contribution in [0.3, 0.4) is 0 Å². The van der Waals surface area contributed by atoms with Gasteiger partial charge in [-0.2, -0.15) is 0 Å². The Hall–Kier alpha value is -1.90. The van der Waals surface area contributed by atoms with Gasteiger partial charge in [-0.1, -0.05) is 17.7 Å². The molecule has 0 aliphatic carbocycles. The lowest BCUT2D eigenvalue weighted by atomic mass is 10.2. The molecule has 3 aromatic rings. The molecule has 1 saturated heterocycles. The number of benzene rings is 1. The second kappa shape index (κ2) is 7.38. The molecule has 4 rings (SSSR count). The molecule has 7 nitrogen and oxygen atoms in total. The highest BCUT2D eigenvalue weighted by molar-refractivity contribution is 9.10. The van der Waals surface area contributed by atoms with Gasteiger partial charge in [-0.05, 0) is 47.3 Å². The highest BCUT2D eigenvalue weighted by atomic mass is 79.9. The van der Waals surface area contributed by atoms with Crippen LogP contribution >= 0.6 is 27.5 Å². The van der Waals surface area contributed by atoms with Gasteiger partial charge in [0.25, 0.3) is 0 Å². The normalized spacial score (nSPS) is 17.4. The van der Waals surface area contributed by atoms with E-state index in [0.717, 1.165) is 25.9 Å². The van der Waals surface area contributed by atoms with Crippen molar-refractivity contribution in [2.24, 2.45) is 0 Å². The van der Waals surface area contributed by atoms with Crippen molar-refractivity contribution < 1.29 is 9.47 Å². The molecule has 0 spiro atoms. The fraction of sp³-hybridized carbons (Fsp3) is 0.353. The van der Waals surface area contributed by atoms with Crippen LogP contribution in [0.5, 0.6) is 5.75 Å². The van der Waals surface area contributed by atoms with Crippen LogP contribution < -0.4 is 10.1 Å². The van der Waals surface area contributed by atoms with Crippen LogP contribution in [-0.4, -0.2) is 33.2 Å². The zero-order valence-corrected chi connectivity index (χ0v) is 16.4. The van der Waals surface area contributed by atoms with Gasteiger partial charge in [-0.3, -0.25) is 4.57 Å². The summed E-state index contributed by atoms with van der Waals surface area (Å²) in [7, 11) is 1.58. The molecule has 0 amide bonds. The lowest BCUT2D eigenvalue weighted by molar-refractivity contribution is -0.0298. The number of methoxy groups -OCH3 is 1. The molecule has 2 aromatic heterocycles. The average molecular weight is 439 g/mol. The van der Waals surface area contributed by atoms with Crippen LogP contribution in [0.15, 0.2) is 29.3 Å². The van der Waals surface area contributed by atoms with E-state index < -0.39 is 0 Å². The van der Waals surface area contributed by atoms with E-state index in [1.165, 1.54) is 0 Å². The molecule has 1 N–H and O–H groups in total. The summed E-state index contributed by atoms with van der Waals surface area (Å²) in [6.07, 6.45) is 4.85. The first-order chi connectivity index (χ1) is 12.7. The van der Waals surface area contributed by atoms with Gasteiger partial charge >= 0.3 is 0 Å². The van der Waals surface area contributed by atoms with Crippen molar-refractivity contribution in [3.8, 4) is 5.75 Å². The molecule has 1 aliphatic rings. The third-order valence-corrected chi connectivity index (χ3v) is 5.04. The number of halogens is 2. The van der Waals surface area contributed by atoms with Crippen molar-refractivity contribution in [1.82, 2.24) is 19.5 Å². The van der Waals surface area contributed by atoms with Crippen LogP contribution in [0.4, 0.5) is 11.5 Å². The minimum atomic E-state index is -0.0520. The van der Waals surface area contributed by atoms with E-state index in [2.05, 4.69) is 36.2 Å². The second-order valence-electron chi connectivity index (χ2n) is 5.93. The maximum atomic E-state index is 6.39. The summed E-state index contributed by atoms with van der Waals surface area (Å²) >= 11 is 9.77. The maximum absolute atomic E-state index is 6.39. The van der Waals surface area contributed by atoms with Crippen molar-refractivity contribution in [2.75, 3.05) is 19.0 Å². The molecule has 136 valence electrons. The summed E-state index contributed by atoms with van der Waals surface area (Å²) in [6.45, 7) is 0.751. The molecule has 26 heavy (non-hydrogen) atoms. The van der Waals surface area contributed by atoms with E-state index in [4.69, 9.17) is 21.1 Å². The summed E-state index contributed by atoms with van der Waals surface area (Å²) in [5, 5.41) is 3.72. The topological polar surface area (TPSA) is 74.1 Å². The molecule has 3 heterocycles. The van der Waals surface area contributed by atoms with Crippen molar-refractivity contribution >= 4 is 50.2 Å². The van der Waals surface area contributed by atoms with Gasteiger partial charge in [-0.15, -0.1) is 0 Å². The first-order valence-corrected chi connectivity index (χ1v) is 9.45. The number of rotatable bonds is 4. The minimum Gasteiger partial charge on any atom is -0.495 e. The zero-order valence-electron chi connectivity index (χ0n) is 14.1. The van der Waals surface area contributed by atoms with Crippen LogP contribution in [0.1, 0.15) is 25.5 Å².